The maximum atomic E-state index is 12.1. The van der Waals surface area contributed by atoms with E-state index in [0.717, 1.165) is 25.2 Å². The van der Waals surface area contributed by atoms with E-state index in [4.69, 9.17) is 5.73 Å². The summed E-state index contributed by atoms with van der Waals surface area (Å²) in [5, 5.41) is 2.99. The predicted octanol–water partition coefficient (Wildman–Crippen LogP) is 1.94. The van der Waals surface area contributed by atoms with Crippen molar-refractivity contribution in [1.29, 1.82) is 0 Å². The van der Waals surface area contributed by atoms with Crippen molar-refractivity contribution in [2.24, 2.45) is 11.7 Å². The van der Waals surface area contributed by atoms with E-state index in [0.29, 0.717) is 0 Å². The van der Waals surface area contributed by atoms with Gasteiger partial charge in [-0.1, -0.05) is 32.4 Å². The fraction of sp³-hybridized carbons (Fsp3) is 0.533. The molecule has 2 rings (SSSR count). The number of nitrogens with zero attached hydrogens (tertiary/aromatic N) is 1. The maximum absolute atomic E-state index is 12.1. The van der Waals surface area contributed by atoms with Crippen LogP contribution in [0.1, 0.15) is 31.4 Å². The van der Waals surface area contributed by atoms with Gasteiger partial charge in [-0.25, -0.2) is 0 Å². The molecule has 0 aliphatic carbocycles. The SMILES string of the molecule is CCC(C)[C@H](N)C(=O)Nc1cccc2c1CN(C)C2. The molecule has 0 saturated carbocycles. The third-order valence-corrected chi connectivity index (χ3v) is 3.96. The highest BCUT2D eigenvalue weighted by molar-refractivity contribution is 5.95. The molecule has 1 unspecified atom stereocenters. The summed E-state index contributed by atoms with van der Waals surface area (Å²) in [4.78, 5) is 14.4. The molecule has 0 fully saturated rings. The van der Waals surface area contributed by atoms with E-state index in [9.17, 15) is 4.79 Å². The van der Waals surface area contributed by atoms with Gasteiger partial charge in [-0.2, -0.15) is 0 Å². The predicted molar refractivity (Wildman–Crippen MR) is 77.7 cm³/mol. The number of amides is 1. The number of anilines is 1. The van der Waals surface area contributed by atoms with Gasteiger partial charge in [0, 0.05) is 18.8 Å². The van der Waals surface area contributed by atoms with Crippen LogP contribution in [0.25, 0.3) is 0 Å². The van der Waals surface area contributed by atoms with Crippen molar-refractivity contribution >= 4 is 11.6 Å². The second-order valence-electron chi connectivity index (χ2n) is 5.52. The van der Waals surface area contributed by atoms with E-state index in [1.807, 2.05) is 26.0 Å². The van der Waals surface area contributed by atoms with Crippen LogP contribution in [0.5, 0.6) is 0 Å². The van der Waals surface area contributed by atoms with E-state index in [2.05, 4.69) is 23.3 Å². The van der Waals surface area contributed by atoms with Gasteiger partial charge in [0.05, 0.1) is 6.04 Å². The van der Waals surface area contributed by atoms with Crippen LogP contribution in [-0.4, -0.2) is 23.9 Å². The summed E-state index contributed by atoms with van der Waals surface area (Å²) in [6, 6.07) is 5.62. The first-order chi connectivity index (χ1) is 9.02. The van der Waals surface area contributed by atoms with Gasteiger partial charge in [0.1, 0.15) is 0 Å². The molecule has 0 aromatic heterocycles. The van der Waals surface area contributed by atoms with E-state index < -0.39 is 6.04 Å². The van der Waals surface area contributed by atoms with Gasteiger partial charge < -0.3 is 11.1 Å². The quantitative estimate of drug-likeness (QED) is 0.871. The first kappa shape index (κ1) is 14.0. The molecule has 1 aromatic rings. The van der Waals surface area contributed by atoms with E-state index >= 15 is 0 Å². The van der Waals surface area contributed by atoms with Crippen LogP contribution in [0.3, 0.4) is 0 Å². The van der Waals surface area contributed by atoms with Crippen molar-refractivity contribution in [1.82, 2.24) is 4.90 Å². The molecule has 1 aliphatic heterocycles. The second-order valence-corrected chi connectivity index (χ2v) is 5.52. The van der Waals surface area contributed by atoms with Gasteiger partial charge in [0.25, 0.3) is 0 Å². The van der Waals surface area contributed by atoms with E-state index in [1.165, 1.54) is 11.1 Å². The molecule has 0 radical (unpaired) electrons. The Morgan fingerprint density at radius 1 is 1.47 bits per heavy atom. The van der Waals surface area contributed by atoms with Gasteiger partial charge in [-0.3, -0.25) is 9.69 Å². The molecule has 104 valence electrons. The summed E-state index contributed by atoms with van der Waals surface area (Å²) in [6.07, 6.45) is 0.907. The van der Waals surface area contributed by atoms with Crippen LogP contribution in [0.4, 0.5) is 5.69 Å². The summed E-state index contributed by atoms with van der Waals surface area (Å²) in [5.41, 5.74) is 9.38. The Kier molecular flexibility index (Phi) is 4.22. The first-order valence-corrected chi connectivity index (χ1v) is 6.88. The van der Waals surface area contributed by atoms with E-state index in [1.54, 1.807) is 0 Å². The largest absolute Gasteiger partial charge is 0.324 e. The Morgan fingerprint density at radius 3 is 2.89 bits per heavy atom. The molecule has 1 amide bonds. The zero-order chi connectivity index (χ0) is 14.0. The summed E-state index contributed by atoms with van der Waals surface area (Å²) in [6.45, 7) is 5.88. The lowest BCUT2D eigenvalue weighted by molar-refractivity contribution is -0.118. The number of hydrogen-bond acceptors (Lipinski definition) is 3. The van der Waals surface area contributed by atoms with Crippen molar-refractivity contribution in [3.05, 3.63) is 29.3 Å². The lowest BCUT2D eigenvalue weighted by atomic mass is 9.99. The van der Waals surface area contributed by atoms with E-state index in [-0.39, 0.29) is 11.8 Å². The van der Waals surface area contributed by atoms with Crippen molar-refractivity contribution < 1.29 is 4.79 Å². The average Bonchev–Trinajstić information content (AvgIpc) is 2.78. The molecule has 4 nitrogen and oxygen atoms in total. The molecule has 1 heterocycles. The van der Waals surface area contributed by atoms with Crippen LogP contribution in [-0.2, 0) is 17.9 Å². The zero-order valence-electron chi connectivity index (χ0n) is 11.9. The van der Waals surface area contributed by atoms with Crippen LogP contribution >= 0.6 is 0 Å². The fourth-order valence-electron chi connectivity index (χ4n) is 2.43. The van der Waals surface area contributed by atoms with Crippen molar-refractivity contribution in [3.8, 4) is 0 Å². The molecule has 3 N–H and O–H groups in total. The second kappa shape index (κ2) is 5.72. The zero-order valence-corrected chi connectivity index (χ0v) is 11.9. The summed E-state index contributed by atoms with van der Waals surface area (Å²) >= 11 is 0. The van der Waals surface area contributed by atoms with Crippen molar-refractivity contribution in [3.63, 3.8) is 0 Å². The molecular weight excluding hydrogens is 238 g/mol. The monoisotopic (exact) mass is 261 g/mol. The third kappa shape index (κ3) is 2.96. The minimum Gasteiger partial charge on any atom is -0.324 e. The Bertz CT molecular complexity index is 472. The molecule has 2 atom stereocenters. The normalized spacial score (nSPS) is 17.9. The first-order valence-electron chi connectivity index (χ1n) is 6.88. The molecule has 0 saturated heterocycles. The minimum absolute atomic E-state index is 0.0858. The smallest absolute Gasteiger partial charge is 0.241 e. The number of nitrogens with two attached hydrogens (primary N) is 1. The van der Waals surface area contributed by atoms with Gasteiger partial charge >= 0.3 is 0 Å². The van der Waals surface area contributed by atoms with Gasteiger partial charge in [0.2, 0.25) is 5.91 Å². The Labute approximate surface area is 115 Å². The topological polar surface area (TPSA) is 58.4 Å². The summed E-state index contributed by atoms with van der Waals surface area (Å²) < 4.78 is 0. The van der Waals surface area contributed by atoms with Crippen LogP contribution in [0, 0.1) is 5.92 Å². The van der Waals surface area contributed by atoms with Gasteiger partial charge in [-0.05, 0) is 30.2 Å². The molecule has 0 bridgehead atoms. The standard InChI is InChI=1S/C15H23N3O/c1-4-10(2)14(16)15(19)17-13-7-5-6-11-8-18(3)9-12(11)13/h5-7,10,14H,4,8-9,16H2,1-3H3,(H,17,19)/t10?,14-/m0/s1. The number of carbonyl (C=O) groups excluding carboxylic acids is 1. The number of fused-ring (bicyclic) bond motifs is 1. The molecule has 19 heavy (non-hydrogen) atoms. The van der Waals surface area contributed by atoms with Crippen LogP contribution in [0.2, 0.25) is 0 Å². The summed E-state index contributed by atoms with van der Waals surface area (Å²) in [7, 11) is 2.08. The van der Waals surface area contributed by atoms with Gasteiger partial charge in [-0.15, -0.1) is 0 Å². The molecular formula is C15H23N3O. The lowest BCUT2D eigenvalue weighted by Crippen LogP contribution is -2.40. The number of nitrogens with one attached hydrogen (secondary N) is 1. The number of benzene rings is 1. The highest BCUT2D eigenvalue weighted by Crippen LogP contribution is 2.28. The number of carbonyl (C=O) groups is 1. The third-order valence-electron chi connectivity index (χ3n) is 3.96. The Balaban J connectivity index is 2.13. The van der Waals surface area contributed by atoms with Gasteiger partial charge in [0.15, 0.2) is 0 Å². The number of rotatable bonds is 4. The van der Waals surface area contributed by atoms with Crippen molar-refractivity contribution in [2.75, 3.05) is 12.4 Å². The summed E-state index contributed by atoms with van der Waals surface area (Å²) in [5.74, 6) is 0.108. The maximum Gasteiger partial charge on any atom is 0.241 e. The Morgan fingerprint density at radius 2 is 2.21 bits per heavy atom. The fourth-order valence-corrected chi connectivity index (χ4v) is 2.43. The average molecular weight is 261 g/mol. The van der Waals surface area contributed by atoms with Crippen LogP contribution in [0.15, 0.2) is 18.2 Å². The minimum atomic E-state index is -0.444. The number of hydrogen-bond donors (Lipinski definition) is 2. The highest BCUT2D eigenvalue weighted by Gasteiger charge is 2.23. The lowest BCUT2D eigenvalue weighted by Gasteiger charge is -2.19. The molecule has 1 aliphatic rings. The Hall–Kier alpha value is -1.39. The van der Waals surface area contributed by atoms with Crippen molar-refractivity contribution in [2.45, 2.75) is 39.4 Å². The van der Waals surface area contributed by atoms with Crippen LogP contribution < -0.4 is 11.1 Å². The molecule has 4 heteroatoms. The molecule has 1 aromatic carbocycles. The molecule has 0 spiro atoms. The highest BCUT2D eigenvalue weighted by atomic mass is 16.2.